The third kappa shape index (κ3) is 3.90. The van der Waals surface area contributed by atoms with Gasteiger partial charge in [-0.3, -0.25) is 0 Å². The van der Waals surface area contributed by atoms with Crippen LogP contribution in [0.4, 0.5) is 0 Å². The number of fused-ring (bicyclic) bond motifs is 1. The molecule has 6 heteroatoms. The van der Waals surface area contributed by atoms with E-state index >= 15 is 0 Å². The van der Waals surface area contributed by atoms with E-state index < -0.39 is 0 Å². The van der Waals surface area contributed by atoms with Gasteiger partial charge < -0.3 is 19.7 Å². The zero-order valence-corrected chi connectivity index (χ0v) is 17.7. The fraction of sp³-hybridized carbons (Fsp3) is 0.200. The smallest absolute Gasteiger partial charge is 0.221 e. The number of aliphatic hydroxyl groups is 1. The van der Waals surface area contributed by atoms with Crippen LogP contribution in [-0.2, 0) is 6.42 Å². The highest BCUT2D eigenvalue weighted by molar-refractivity contribution is 5.88. The maximum atomic E-state index is 10.9. The molecule has 2 aromatic heterocycles. The first kappa shape index (κ1) is 20.6. The SMILES string of the molecule is COc1cc(-c2cccnc2OC)cc(-c2cc(C)c3cc(CCO)ccc3n2)c1O. The van der Waals surface area contributed by atoms with Crippen molar-refractivity contribution < 1.29 is 19.7 Å². The number of phenols is 1. The number of ether oxygens (including phenoxy) is 2. The summed E-state index contributed by atoms with van der Waals surface area (Å²) in [6, 6.07) is 15.3. The van der Waals surface area contributed by atoms with Gasteiger partial charge in [-0.1, -0.05) is 6.07 Å². The summed E-state index contributed by atoms with van der Waals surface area (Å²) in [6.45, 7) is 2.12. The third-order valence-corrected chi connectivity index (χ3v) is 5.33. The summed E-state index contributed by atoms with van der Waals surface area (Å²) in [5, 5.41) is 21.1. The minimum absolute atomic E-state index is 0.0252. The lowest BCUT2D eigenvalue weighted by Crippen LogP contribution is -1.96. The standard InChI is InChI=1S/C25H24N2O4/c1-15-11-22(27-21-7-6-16(8-10-28)12-19(15)21)20-13-17(14-23(30-2)24(20)29)18-5-4-9-26-25(18)31-3/h4-7,9,11-14,28-29H,8,10H2,1-3H3. The summed E-state index contributed by atoms with van der Waals surface area (Å²) < 4.78 is 10.8. The van der Waals surface area contributed by atoms with E-state index in [4.69, 9.17) is 14.5 Å². The van der Waals surface area contributed by atoms with Crippen molar-refractivity contribution >= 4 is 10.9 Å². The lowest BCUT2D eigenvalue weighted by molar-refractivity contribution is 0.299. The number of phenolic OH excluding ortho intramolecular Hbond substituents is 1. The maximum Gasteiger partial charge on any atom is 0.221 e. The zero-order chi connectivity index (χ0) is 22.0. The van der Waals surface area contributed by atoms with Crippen molar-refractivity contribution in [2.45, 2.75) is 13.3 Å². The summed E-state index contributed by atoms with van der Waals surface area (Å²) in [4.78, 5) is 9.07. The Labute approximate surface area is 180 Å². The van der Waals surface area contributed by atoms with Crippen LogP contribution in [-0.4, -0.2) is 41.0 Å². The normalized spacial score (nSPS) is 11.0. The fourth-order valence-electron chi connectivity index (χ4n) is 3.75. The van der Waals surface area contributed by atoms with Crippen molar-refractivity contribution in [3.8, 4) is 39.8 Å². The van der Waals surface area contributed by atoms with E-state index in [0.717, 1.165) is 33.2 Å². The molecule has 0 spiro atoms. The minimum atomic E-state index is 0.0252. The van der Waals surface area contributed by atoms with Crippen LogP contribution in [0.5, 0.6) is 17.4 Å². The molecular weight excluding hydrogens is 392 g/mol. The van der Waals surface area contributed by atoms with E-state index in [9.17, 15) is 10.2 Å². The van der Waals surface area contributed by atoms with Crippen LogP contribution >= 0.6 is 0 Å². The van der Waals surface area contributed by atoms with Gasteiger partial charge in [0.25, 0.3) is 0 Å². The molecule has 2 heterocycles. The van der Waals surface area contributed by atoms with Crippen molar-refractivity contribution in [2.75, 3.05) is 20.8 Å². The number of hydrogen-bond acceptors (Lipinski definition) is 6. The molecule has 2 aromatic carbocycles. The Hall–Kier alpha value is -3.64. The zero-order valence-electron chi connectivity index (χ0n) is 17.7. The number of rotatable bonds is 6. The summed E-state index contributed by atoms with van der Waals surface area (Å²) >= 11 is 0. The van der Waals surface area contributed by atoms with E-state index in [0.29, 0.717) is 29.3 Å². The van der Waals surface area contributed by atoms with Crippen LogP contribution in [0.3, 0.4) is 0 Å². The first-order valence-electron chi connectivity index (χ1n) is 9.97. The molecule has 158 valence electrons. The molecule has 2 N–H and O–H groups in total. The van der Waals surface area contributed by atoms with E-state index in [2.05, 4.69) is 11.1 Å². The highest BCUT2D eigenvalue weighted by Gasteiger charge is 2.18. The number of aromatic hydroxyl groups is 1. The van der Waals surface area contributed by atoms with E-state index in [1.54, 1.807) is 19.4 Å². The molecular formula is C25H24N2O4. The molecule has 4 rings (SSSR count). The number of methoxy groups -OCH3 is 2. The molecule has 0 aliphatic carbocycles. The van der Waals surface area contributed by atoms with Crippen molar-refractivity contribution in [2.24, 2.45) is 0 Å². The topological polar surface area (TPSA) is 84.7 Å². The predicted octanol–water partition coefficient (Wildman–Crippen LogP) is 4.53. The molecule has 0 saturated heterocycles. The summed E-state index contributed by atoms with van der Waals surface area (Å²) in [7, 11) is 3.09. The van der Waals surface area contributed by atoms with Gasteiger partial charge in [-0.05, 0) is 72.5 Å². The van der Waals surface area contributed by atoms with Gasteiger partial charge in [-0.15, -0.1) is 0 Å². The van der Waals surface area contributed by atoms with Gasteiger partial charge in [0.1, 0.15) is 0 Å². The molecule has 0 aliphatic rings. The van der Waals surface area contributed by atoms with Crippen molar-refractivity contribution in [3.63, 3.8) is 0 Å². The molecule has 0 radical (unpaired) electrons. The van der Waals surface area contributed by atoms with Gasteiger partial charge in [0.2, 0.25) is 5.88 Å². The Morgan fingerprint density at radius 3 is 2.55 bits per heavy atom. The maximum absolute atomic E-state index is 10.9. The molecule has 0 unspecified atom stereocenters. The van der Waals surface area contributed by atoms with Crippen molar-refractivity contribution in [3.05, 3.63) is 65.9 Å². The quantitative estimate of drug-likeness (QED) is 0.480. The summed E-state index contributed by atoms with van der Waals surface area (Å²) in [5.74, 6) is 0.855. The van der Waals surface area contributed by atoms with Crippen molar-refractivity contribution in [1.82, 2.24) is 9.97 Å². The molecule has 0 atom stereocenters. The number of aryl methyl sites for hydroxylation is 1. The van der Waals surface area contributed by atoms with Crippen LogP contribution in [0.15, 0.2) is 54.7 Å². The van der Waals surface area contributed by atoms with Gasteiger partial charge in [0.15, 0.2) is 11.5 Å². The molecule has 4 aromatic rings. The molecule has 31 heavy (non-hydrogen) atoms. The number of hydrogen-bond donors (Lipinski definition) is 2. The lowest BCUT2D eigenvalue weighted by Gasteiger charge is -2.15. The van der Waals surface area contributed by atoms with E-state index in [-0.39, 0.29) is 12.4 Å². The molecule has 0 amide bonds. The van der Waals surface area contributed by atoms with Crippen LogP contribution in [0.1, 0.15) is 11.1 Å². The van der Waals surface area contributed by atoms with E-state index in [1.807, 2.05) is 43.3 Å². The average molecular weight is 416 g/mol. The molecule has 0 saturated carbocycles. The summed E-state index contributed by atoms with van der Waals surface area (Å²) in [5.41, 5.74) is 5.69. The Bertz CT molecular complexity index is 1250. The van der Waals surface area contributed by atoms with Gasteiger partial charge in [-0.2, -0.15) is 0 Å². The van der Waals surface area contributed by atoms with Crippen LogP contribution in [0, 0.1) is 6.92 Å². The number of benzene rings is 2. The highest BCUT2D eigenvalue weighted by Crippen LogP contribution is 2.42. The monoisotopic (exact) mass is 416 g/mol. The number of nitrogens with zero attached hydrogens (tertiary/aromatic N) is 2. The second-order valence-electron chi connectivity index (χ2n) is 7.28. The van der Waals surface area contributed by atoms with Gasteiger partial charge in [-0.25, -0.2) is 9.97 Å². The second kappa shape index (κ2) is 8.62. The van der Waals surface area contributed by atoms with Gasteiger partial charge in [0, 0.05) is 29.3 Å². The van der Waals surface area contributed by atoms with Crippen LogP contribution < -0.4 is 9.47 Å². The first-order valence-corrected chi connectivity index (χ1v) is 9.97. The van der Waals surface area contributed by atoms with Crippen molar-refractivity contribution in [1.29, 1.82) is 0 Å². The highest BCUT2D eigenvalue weighted by atomic mass is 16.5. The Morgan fingerprint density at radius 2 is 1.81 bits per heavy atom. The molecule has 6 nitrogen and oxygen atoms in total. The van der Waals surface area contributed by atoms with Gasteiger partial charge >= 0.3 is 0 Å². The largest absolute Gasteiger partial charge is 0.504 e. The molecule has 0 bridgehead atoms. The second-order valence-corrected chi connectivity index (χ2v) is 7.28. The van der Waals surface area contributed by atoms with Crippen LogP contribution in [0.2, 0.25) is 0 Å². The predicted molar refractivity (Wildman–Crippen MR) is 121 cm³/mol. The minimum Gasteiger partial charge on any atom is -0.504 e. The molecule has 0 fully saturated rings. The Balaban J connectivity index is 1.91. The summed E-state index contributed by atoms with van der Waals surface area (Å²) in [6.07, 6.45) is 2.27. The fourth-order valence-corrected chi connectivity index (χ4v) is 3.75. The average Bonchev–Trinajstić information content (AvgIpc) is 2.79. The first-order chi connectivity index (χ1) is 15.0. The number of aromatic nitrogens is 2. The number of pyridine rings is 2. The Morgan fingerprint density at radius 1 is 0.968 bits per heavy atom. The third-order valence-electron chi connectivity index (χ3n) is 5.33. The Kier molecular flexibility index (Phi) is 5.73. The lowest BCUT2D eigenvalue weighted by atomic mass is 9.98. The molecule has 0 aliphatic heterocycles. The van der Waals surface area contributed by atoms with E-state index in [1.165, 1.54) is 7.11 Å². The number of aliphatic hydroxyl groups excluding tert-OH is 1. The van der Waals surface area contributed by atoms with Crippen LogP contribution in [0.25, 0.3) is 33.3 Å². The van der Waals surface area contributed by atoms with Gasteiger partial charge in [0.05, 0.1) is 25.4 Å².